The van der Waals surface area contributed by atoms with E-state index in [4.69, 9.17) is 9.52 Å². The lowest BCUT2D eigenvalue weighted by atomic mass is 9.81. The van der Waals surface area contributed by atoms with Gasteiger partial charge in [-0.15, -0.1) is 0 Å². The van der Waals surface area contributed by atoms with Crippen LogP contribution in [0.5, 0.6) is 0 Å². The van der Waals surface area contributed by atoms with Crippen LogP contribution in [0.2, 0.25) is 0 Å². The third-order valence-electron chi connectivity index (χ3n) is 12.9. The van der Waals surface area contributed by atoms with Gasteiger partial charge in [0.05, 0.1) is 32.4 Å². The van der Waals surface area contributed by atoms with Crippen LogP contribution < -0.4 is 26.6 Å². The SMILES string of the molecule is O=C(O)CC[C@H](NC(=O)N[C@@H](CCCCNC(=O)[C@H](Cc1coc2ccccc12)NC(=O)C1CCC(CNC(=O)CN2CCN(CC(=O)O)CCN(CC(=O)O)CCN(CC(=O)O)CC2)CC1)C(=O)O)C(=O)O. The van der Waals surface area contributed by atoms with E-state index in [1.54, 1.807) is 26.8 Å². The van der Waals surface area contributed by atoms with E-state index < -0.39 is 84.6 Å². The molecule has 2 aromatic rings. The maximum Gasteiger partial charge on any atom is 0.326 e. The van der Waals surface area contributed by atoms with E-state index in [0.29, 0.717) is 56.5 Å². The number of benzene rings is 1. The summed E-state index contributed by atoms with van der Waals surface area (Å²) in [6, 6.07) is 2.14. The summed E-state index contributed by atoms with van der Waals surface area (Å²) < 4.78 is 5.69. The topological polar surface area (TPSA) is 378 Å². The standard InChI is InChI=1S/C47H69N9O17/c57-38(25-53-15-17-54(26-40(60)61)19-21-56(28-42(64)65)22-20-55(18-16-53)27-41(62)63)49-24-30-8-10-31(11-9-30)43(66)50-36(23-32-29-73-37-7-2-1-5-33(32)37)44(67)48-14-4-3-6-34(45(68)69)51-47(72)52-35(46(70)71)12-13-39(58)59/h1-2,5,7,29-31,34-36H,3-4,6,8-28H2,(H,48,67)(H,49,57)(H,50,66)(H,58,59)(H,60,61)(H,62,63)(H,64,65)(H,68,69)(H,70,71)(H2,51,52,72)/t30?,31?,34-,35-,36-/m0/s1. The molecule has 1 aliphatic heterocycles. The number of carbonyl (C=O) groups excluding carboxylic acids is 4. The Morgan fingerprint density at radius 2 is 1.08 bits per heavy atom. The molecule has 4 rings (SSSR count). The van der Waals surface area contributed by atoms with Crippen molar-refractivity contribution in [1.82, 2.24) is 46.2 Å². The second-order valence-electron chi connectivity index (χ2n) is 18.4. The molecular formula is C47H69N9O17. The molecule has 26 heteroatoms. The molecule has 1 saturated carbocycles. The van der Waals surface area contributed by atoms with Crippen molar-refractivity contribution in [3.63, 3.8) is 0 Å². The monoisotopic (exact) mass is 1030 g/mol. The van der Waals surface area contributed by atoms with Crippen LogP contribution in [0.3, 0.4) is 0 Å². The number of hydrogen-bond acceptors (Lipinski definition) is 15. The largest absolute Gasteiger partial charge is 0.481 e. The number of carboxylic acids is 6. The second-order valence-corrected chi connectivity index (χ2v) is 18.4. The first-order valence-corrected chi connectivity index (χ1v) is 24.3. The fraction of sp³-hybridized carbons (Fsp3) is 0.617. The molecule has 73 heavy (non-hydrogen) atoms. The molecule has 404 valence electrons. The van der Waals surface area contributed by atoms with Gasteiger partial charge in [-0.05, 0) is 63.4 Å². The average molecular weight is 1030 g/mol. The van der Waals surface area contributed by atoms with E-state index in [1.807, 2.05) is 17.0 Å². The van der Waals surface area contributed by atoms with Crippen LogP contribution in [0.1, 0.15) is 63.4 Å². The number of nitrogens with zero attached hydrogens (tertiary/aromatic N) is 4. The van der Waals surface area contributed by atoms with Crippen LogP contribution in [-0.4, -0.2) is 220 Å². The van der Waals surface area contributed by atoms with Crippen molar-refractivity contribution in [3.8, 4) is 0 Å². The molecular weight excluding hydrogens is 963 g/mol. The van der Waals surface area contributed by atoms with Crippen LogP contribution in [0.25, 0.3) is 11.0 Å². The molecule has 0 radical (unpaired) electrons. The van der Waals surface area contributed by atoms with Gasteiger partial charge >= 0.3 is 41.8 Å². The highest BCUT2D eigenvalue weighted by molar-refractivity contribution is 5.90. The lowest BCUT2D eigenvalue weighted by Crippen LogP contribution is -2.51. The number of unbranched alkanes of at least 4 members (excludes halogenated alkanes) is 1. The summed E-state index contributed by atoms with van der Waals surface area (Å²) in [7, 11) is 0. The minimum absolute atomic E-state index is 0.0335. The van der Waals surface area contributed by atoms with Gasteiger partial charge < -0.3 is 61.6 Å². The van der Waals surface area contributed by atoms with Crippen molar-refractivity contribution in [3.05, 3.63) is 36.1 Å². The van der Waals surface area contributed by atoms with E-state index in [1.165, 1.54) is 6.26 Å². The van der Waals surface area contributed by atoms with Gasteiger partial charge in [0.25, 0.3) is 0 Å². The van der Waals surface area contributed by atoms with Gasteiger partial charge in [0.1, 0.15) is 23.7 Å². The molecule has 0 bridgehead atoms. The predicted octanol–water partition coefficient (Wildman–Crippen LogP) is -0.785. The molecule has 3 atom stereocenters. The summed E-state index contributed by atoms with van der Waals surface area (Å²) in [5, 5.41) is 70.0. The number of nitrogens with one attached hydrogen (secondary N) is 5. The summed E-state index contributed by atoms with van der Waals surface area (Å²) >= 11 is 0. The Bertz CT molecular complexity index is 2190. The molecule has 26 nitrogen and oxygen atoms in total. The molecule has 2 fully saturated rings. The zero-order valence-electron chi connectivity index (χ0n) is 40.7. The molecule has 0 spiro atoms. The third-order valence-corrected chi connectivity index (χ3v) is 12.9. The molecule has 2 heterocycles. The number of fused-ring (bicyclic) bond motifs is 1. The Balaban J connectivity index is 1.29. The Labute approximate surface area is 420 Å². The second kappa shape index (κ2) is 30.2. The fourth-order valence-electron chi connectivity index (χ4n) is 8.79. The predicted molar refractivity (Wildman–Crippen MR) is 257 cm³/mol. The van der Waals surface area contributed by atoms with E-state index in [-0.39, 0.29) is 115 Å². The normalized spacial score (nSPS) is 18.9. The molecule has 1 aliphatic carbocycles. The van der Waals surface area contributed by atoms with Crippen LogP contribution in [0.15, 0.2) is 34.9 Å². The van der Waals surface area contributed by atoms with Crippen molar-refractivity contribution in [2.45, 2.75) is 82.3 Å². The van der Waals surface area contributed by atoms with E-state index >= 15 is 0 Å². The number of rotatable bonds is 27. The molecule has 0 unspecified atom stereocenters. The number of para-hydroxylation sites is 1. The fourth-order valence-corrected chi connectivity index (χ4v) is 8.79. The van der Waals surface area contributed by atoms with Crippen molar-refractivity contribution >= 4 is 70.5 Å². The summed E-state index contributed by atoms with van der Waals surface area (Å²) in [5.41, 5.74) is 1.28. The van der Waals surface area contributed by atoms with Gasteiger partial charge in [-0.1, -0.05) is 18.2 Å². The van der Waals surface area contributed by atoms with Gasteiger partial charge in [0.15, 0.2) is 0 Å². The first-order chi connectivity index (χ1) is 34.8. The smallest absolute Gasteiger partial charge is 0.326 e. The number of amides is 5. The van der Waals surface area contributed by atoms with Crippen molar-refractivity contribution in [2.24, 2.45) is 11.8 Å². The quantitative estimate of drug-likeness (QED) is 0.0489. The lowest BCUT2D eigenvalue weighted by Gasteiger charge is -2.33. The zero-order valence-corrected chi connectivity index (χ0v) is 40.7. The maximum absolute atomic E-state index is 13.8. The van der Waals surface area contributed by atoms with Gasteiger partial charge in [-0.3, -0.25) is 53.2 Å². The molecule has 1 saturated heterocycles. The molecule has 1 aromatic carbocycles. The number of aliphatic carboxylic acids is 6. The van der Waals surface area contributed by atoms with E-state index in [0.717, 1.165) is 5.39 Å². The first-order valence-electron chi connectivity index (χ1n) is 24.3. The minimum Gasteiger partial charge on any atom is -0.481 e. The zero-order chi connectivity index (χ0) is 53.5. The van der Waals surface area contributed by atoms with Gasteiger partial charge in [-0.2, -0.15) is 0 Å². The summed E-state index contributed by atoms with van der Waals surface area (Å²) in [5.74, 6) is -8.78. The first kappa shape index (κ1) is 58.7. The van der Waals surface area contributed by atoms with Crippen LogP contribution in [0.4, 0.5) is 4.79 Å². The number of hydrogen-bond donors (Lipinski definition) is 11. The van der Waals surface area contributed by atoms with Gasteiger partial charge in [0, 0.05) is 95.2 Å². The van der Waals surface area contributed by atoms with Gasteiger partial charge in [0.2, 0.25) is 17.7 Å². The Kier molecular flexibility index (Phi) is 24.3. The Hall–Kier alpha value is -6.90. The molecule has 1 aromatic heterocycles. The molecule has 11 N–H and O–H groups in total. The Morgan fingerprint density at radius 1 is 0.575 bits per heavy atom. The molecule has 5 amide bonds. The number of carboxylic acid groups (broad SMARTS) is 6. The maximum atomic E-state index is 13.8. The average Bonchev–Trinajstić information content (AvgIpc) is 3.74. The minimum atomic E-state index is -1.56. The number of carbonyl (C=O) groups is 10. The van der Waals surface area contributed by atoms with Crippen molar-refractivity contribution < 1.29 is 83.0 Å². The lowest BCUT2D eigenvalue weighted by molar-refractivity contribution is -0.141. The third kappa shape index (κ3) is 21.8. The Morgan fingerprint density at radius 3 is 1.59 bits per heavy atom. The van der Waals surface area contributed by atoms with Gasteiger partial charge in [-0.25, -0.2) is 14.4 Å². The number of furan rings is 1. The highest BCUT2D eigenvalue weighted by Crippen LogP contribution is 2.29. The van der Waals surface area contributed by atoms with E-state index in [9.17, 15) is 73.5 Å². The van der Waals surface area contributed by atoms with Crippen LogP contribution >= 0.6 is 0 Å². The molecule has 2 aliphatic rings. The van der Waals surface area contributed by atoms with Crippen LogP contribution in [-0.2, 0) is 49.6 Å². The van der Waals surface area contributed by atoms with Crippen LogP contribution in [0, 0.1) is 11.8 Å². The highest BCUT2D eigenvalue weighted by atomic mass is 16.4. The summed E-state index contributed by atoms with van der Waals surface area (Å²) in [4.78, 5) is 129. The number of urea groups is 1. The van der Waals surface area contributed by atoms with E-state index in [2.05, 4.69) is 26.6 Å². The highest BCUT2D eigenvalue weighted by Gasteiger charge is 2.31. The van der Waals surface area contributed by atoms with Crippen molar-refractivity contribution in [2.75, 3.05) is 91.6 Å². The van der Waals surface area contributed by atoms with Crippen molar-refractivity contribution in [1.29, 1.82) is 0 Å². The summed E-state index contributed by atoms with van der Waals surface area (Å²) in [6.45, 7) is 1.66. The summed E-state index contributed by atoms with van der Waals surface area (Å²) in [6.07, 6.45) is 3.26.